The minimum absolute atomic E-state index is 0.0419. The number of carbonyl (C=O) groups excluding carboxylic acids is 1. The van der Waals surface area contributed by atoms with Crippen LogP contribution in [-0.2, 0) is 12.7 Å². The van der Waals surface area contributed by atoms with Gasteiger partial charge in [-0.05, 0) is 19.1 Å². The van der Waals surface area contributed by atoms with E-state index in [9.17, 15) is 18.0 Å². The molecule has 0 saturated carbocycles. The maximum atomic E-state index is 12.7. The molecule has 0 aliphatic heterocycles. The molecule has 2 rings (SSSR count). The summed E-state index contributed by atoms with van der Waals surface area (Å²) >= 11 is 0. The van der Waals surface area contributed by atoms with Gasteiger partial charge in [0.05, 0.1) is 7.11 Å². The zero-order valence-electron chi connectivity index (χ0n) is 12.3. The van der Waals surface area contributed by atoms with Gasteiger partial charge in [0.1, 0.15) is 5.69 Å². The first-order valence-electron chi connectivity index (χ1n) is 6.50. The highest BCUT2D eigenvalue weighted by Crippen LogP contribution is 2.26. The van der Waals surface area contributed by atoms with Crippen LogP contribution < -0.4 is 10.1 Å². The van der Waals surface area contributed by atoms with Crippen molar-refractivity contribution in [1.82, 2.24) is 20.3 Å². The summed E-state index contributed by atoms with van der Waals surface area (Å²) in [6, 6.07) is 4.52. The Kier molecular flexibility index (Phi) is 4.77. The van der Waals surface area contributed by atoms with Gasteiger partial charge in [-0.15, -0.1) is 0 Å². The van der Waals surface area contributed by atoms with E-state index in [1.807, 2.05) is 0 Å². The Bertz CT molecular complexity index is 719. The van der Waals surface area contributed by atoms with Gasteiger partial charge in [0.2, 0.25) is 11.7 Å². The van der Waals surface area contributed by atoms with Crippen molar-refractivity contribution in [3.8, 4) is 5.88 Å². The minimum Gasteiger partial charge on any atom is -0.481 e. The second-order valence-electron chi connectivity index (χ2n) is 4.57. The van der Waals surface area contributed by atoms with Crippen molar-refractivity contribution in [1.29, 1.82) is 0 Å². The molecule has 6 nitrogen and oxygen atoms in total. The van der Waals surface area contributed by atoms with Crippen molar-refractivity contribution in [2.45, 2.75) is 19.6 Å². The van der Waals surface area contributed by atoms with Crippen molar-refractivity contribution >= 4 is 5.91 Å². The molecule has 2 aromatic heterocycles. The van der Waals surface area contributed by atoms with Crippen LogP contribution in [0.4, 0.5) is 13.2 Å². The largest absolute Gasteiger partial charge is 0.481 e. The molecule has 0 saturated heterocycles. The van der Waals surface area contributed by atoms with Gasteiger partial charge >= 0.3 is 6.18 Å². The number of pyridine rings is 1. The zero-order chi connectivity index (χ0) is 17.0. The molecular formula is C14H13F3N4O2. The standard InChI is InChI=1S/C14H13F3N4O2/c1-8-6-10(21-13(20-8)14(15,16)17)11(22)19-7-9-4-3-5-18-12(9)23-2/h3-6H,7H2,1-2H3,(H,19,22). The highest BCUT2D eigenvalue weighted by atomic mass is 19.4. The van der Waals surface area contributed by atoms with E-state index < -0.39 is 17.9 Å². The highest BCUT2D eigenvalue weighted by molar-refractivity contribution is 5.92. The Hall–Kier alpha value is -2.71. The van der Waals surface area contributed by atoms with E-state index in [2.05, 4.69) is 20.3 Å². The topological polar surface area (TPSA) is 77.0 Å². The molecule has 0 radical (unpaired) electrons. The van der Waals surface area contributed by atoms with E-state index in [0.29, 0.717) is 11.4 Å². The van der Waals surface area contributed by atoms with E-state index in [1.54, 1.807) is 12.1 Å². The summed E-state index contributed by atoms with van der Waals surface area (Å²) < 4.78 is 43.1. The first-order chi connectivity index (χ1) is 10.8. The number of nitrogens with zero attached hydrogens (tertiary/aromatic N) is 3. The normalized spacial score (nSPS) is 11.2. The summed E-state index contributed by atoms with van der Waals surface area (Å²) in [7, 11) is 1.43. The van der Waals surface area contributed by atoms with Crippen LogP contribution >= 0.6 is 0 Å². The van der Waals surface area contributed by atoms with E-state index in [0.717, 1.165) is 0 Å². The molecule has 2 heterocycles. The Morgan fingerprint density at radius 3 is 2.74 bits per heavy atom. The summed E-state index contributed by atoms with van der Waals surface area (Å²) in [5, 5.41) is 2.48. The summed E-state index contributed by atoms with van der Waals surface area (Å²) in [5.74, 6) is -1.77. The lowest BCUT2D eigenvalue weighted by atomic mass is 10.2. The van der Waals surface area contributed by atoms with E-state index in [4.69, 9.17) is 4.74 Å². The summed E-state index contributed by atoms with van der Waals surface area (Å²) in [6.45, 7) is 1.40. The maximum Gasteiger partial charge on any atom is 0.451 e. The van der Waals surface area contributed by atoms with Crippen LogP contribution in [0.25, 0.3) is 0 Å². The predicted molar refractivity (Wildman–Crippen MR) is 73.7 cm³/mol. The number of amides is 1. The molecule has 0 unspecified atom stereocenters. The molecule has 122 valence electrons. The van der Waals surface area contributed by atoms with Gasteiger partial charge < -0.3 is 10.1 Å². The maximum absolute atomic E-state index is 12.7. The first kappa shape index (κ1) is 16.7. The van der Waals surface area contributed by atoms with Crippen LogP contribution in [0.3, 0.4) is 0 Å². The van der Waals surface area contributed by atoms with Crippen LogP contribution in [0.5, 0.6) is 5.88 Å². The smallest absolute Gasteiger partial charge is 0.451 e. The average molecular weight is 326 g/mol. The van der Waals surface area contributed by atoms with Gasteiger partial charge in [-0.2, -0.15) is 13.2 Å². The second kappa shape index (κ2) is 6.59. The Morgan fingerprint density at radius 2 is 2.09 bits per heavy atom. The third-order valence-corrected chi connectivity index (χ3v) is 2.82. The fourth-order valence-corrected chi connectivity index (χ4v) is 1.82. The highest BCUT2D eigenvalue weighted by Gasteiger charge is 2.35. The van der Waals surface area contributed by atoms with Crippen molar-refractivity contribution < 1.29 is 22.7 Å². The van der Waals surface area contributed by atoms with Crippen molar-refractivity contribution in [2.24, 2.45) is 0 Å². The lowest BCUT2D eigenvalue weighted by Crippen LogP contribution is -2.26. The van der Waals surface area contributed by atoms with Crippen molar-refractivity contribution in [3.63, 3.8) is 0 Å². The number of halogens is 3. The number of nitrogens with one attached hydrogen (secondary N) is 1. The number of aryl methyl sites for hydroxylation is 1. The molecule has 0 atom stereocenters. The Balaban J connectivity index is 2.17. The number of hydrogen-bond acceptors (Lipinski definition) is 5. The average Bonchev–Trinajstić information content (AvgIpc) is 2.51. The van der Waals surface area contributed by atoms with Gasteiger partial charge in [-0.3, -0.25) is 4.79 Å². The number of carbonyl (C=O) groups is 1. The Labute approximate surface area is 129 Å². The van der Waals surface area contributed by atoms with Crippen molar-refractivity contribution in [2.75, 3.05) is 7.11 Å². The van der Waals surface area contributed by atoms with E-state index in [1.165, 1.54) is 26.3 Å². The predicted octanol–water partition coefficient (Wildman–Crippen LogP) is 2.14. The number of rotatable bonds is 4. The molecule has 1 amide bonds. The lowest BCUT2D eigenvalue weighted by molar-refractivity contribution is -0.145. The van der Waals surface area contributed by atoms with E-state index >= 15 is 0 Å². The molecular weight excluding hydrogens is 313 g/mol. The number of methoxy groups -OCH3 is 1. The molecule has 0 aliphatic rings. The molecule has 0 aromatic carbocycles. The fourth-order valence-electron chi connectivity index (χ4n) is 1.82. The number of ether oxygens (including phenoxy) is 1. The van der Waals surface area contributed by atoms with Gasteiger partial charge in [0, 0.05) is 24.0 Å². The van der Waals surface area contributed by atoms with Crippen LogP contribution in [0.15, 0.2) is 24.4 Å². The molecule has 1 N–H and O–H groups in total. The number of aromatic nitrogens is 3. The van der Waals surface area contributed by atoms with Crippen LogP contribution in [0, 0.1) is 6.92 Å². The minimum atomic E-state index is -4.71. The molecule has 9 heteroatoms. The second-order valence-corrected chi connectivity index (χ2v) is 4.57. The number of alkyl halides is 3. The molecule has 0 bridgehead atoms. The third-order valence-electron chi connectivity index (χ3n) is 2.82. The van der Waals surface area contributed by atoms with Gasteiger partial charge in [0.15, 0.2) is 0 Å². The summed E-state index contributed by atoms with van der Waals surface area (Å²) in [4.78, 5) is 22.5. The Morgan fingerprint density at radius 1 is 1.35 bits per heavy atom. The molecule has 0 spiro atoms. The summed E-state index contributed by atoms with van der Waals surface area (Å²) in [6.07, 6.45) is -3.19. The zero-order valence-corrected chi connectivity index (χ0v) is 12.3. The fraction of sp³-hybridized carbons (Fsp3) is 0.286. The summed E-state index contributed by atoms with van der Waals surface area (Å²) in [5.41, 5.74) is 0.286. The monoisotopic (exact) mass is 326 g/mol. The quantitative estimate of drug-likeness (QED) is 0.931. The first-order valence-corrected chi connectivity index (χ1v) is 6.50. The van der Waals surface area contributed by atoms with E-state index in [-0.39, 0.29) is 17.9 Å². The molecule has 23 heavy (non-hydrogen) atoms. The van der Waals surface area contributed by atoms with Crippen molar-refractivity contribution in [3.05, 3.63) is 47.2 Å². The van der Waals surface area contributed by atoms with Crippen LogP contribution in [-0.4, -0.2) is 28.0 Å². The van der Waals surface area contributed by atoms with Crippen LogP contribution in [0.1, 0.15) is 27.6 Å². The lowest BCUT2D eigenvalue weighted by Gasteiger charge is -2.10. The van der Waals surface area contributed by atoms with Gasteiger partial charge in [0.25, 0.3) is 5.91 Å². The van der Waals surface area contributed by atoms with Crippen LogP contribution in [0.2, 0.25) is 0 Å². The number of hydrogen-bond donors (Lipinski definition) is 1. The third kappa shape index (κ3) is 4.15. The SMILES string of the molecule is COc1ncccc1CNC(=O)c1cc(C)nc(C(F)(F)F)n1. The molecule has 2 aromatic rings. The van der Waals surface area contributed by atoms with Gasteiger partial charge in [-0.25, -0.2) is 15.0 Å². The molecule has 0 aliphatic carbocycles. The molecule has 0 fully saturated rings. The van der Waals surface area contributed by atoms with Gasteiger partial charge in [-0.1, -0.05) is 6.07 Å².